The lowest BCUT2D eigenvalue weighted by molar-refractivity contribution is -0.136. The summed E-state index contributed by atoms with van der Waals surface area (Å²) in [5, 5.41) is 2.22. The standard InChI is InChI=1S/C22H27N5O5/c23-16-11-32-12-18(16)26-7-5-25(6-8-26)10-13-1-2-14-15(9-13)22(31)27(21(14)30)17-3-4-19(28)24-20(17)29/h1-2,9,16-18H,3-8,10-12,23H2,(H,24,28,29)/t16-,17?,18-/m1/s1. The number of hydrogen-bond donors (Lipinski definition) is 2. The molecule has 4 aliphatic heterocycles. The smallest absolute Gasteiger partial charge is 0.262 e. The highest BCUT2D eigenvalue weighted by Gasteiger charge is 2.44. The van der Waals surface area contributed by atoms with Crippen molar-refractivity contribution in [3.63, 3.8) is 0 Å². The van der Waals surface area contributed by atoms with Gasteiger partial charge in [-0.1, -0.05) is 6.07 Å². The van der Waals surface area contributed by atoms with Crippen LogP contribution in [0.2, 0.25) is 0 Å². The Morgan fingerprint density at radius 2 is 1.75 bits per heavy atom. The highest BCUT2D eigenvalue weighted by molar-refractivity contribution is 6.23. The van der Waals surface area contributed by atoms with Gasteiger partial charge in [-0.15, -0.1) is 0 Å². The summed E-state index contributed by atoms with van der Waals surface area (Å²) in [6, 6.07) is 4.69. The predicted molar refractivity (Wildman–Crippen MR) is 113 cm³/mol. The molecule has 0 aliphatic carbocycles. The normalized spacial score (nSPS) is 29.5. The Labute approximate surface area is 185 Å². The summed E-state index contributed by atoms with van der Waals surface area (Å²) in [6.07, 6.45) is 0.266. The number of benzene rings is 1. The quantitative estimate of drug-likeness (QED) is 0.566. The molecular weight excluding hydrogens is 414 g/mol. The number of nitrogens with zero attached hydrogens (tertiary/aromatic N) is 3. The van der Waals surface area contributed by atoms with Crippen LogP contribution in [-0.4, -0.2) is 95.8 Å². The van der Waals surface area contributed by atoms with Gasteiger partial charge in [-0.25, -0.2) is 0 Å². The van der Waals surface area contributed by atoms with E-state index in [4.69, 9.17) is 10.5 Å². The van der Waals surface area contributed by atoms with Gasteiger partial charge in [0, 0.05) is 45.2 Å². The monoisotopic (exact) mass is 441 g/mol. The third-order valence-corrected chi connectivity index (χ3v) is 6.88. The first-order valence-electron chi connectivity index (χ1n) is 11.1. The number of rotatable bonds is 4. The molecule has 32 heavy (non-hydrogen) atoms. The minimum atomic E-state index is -0.942. The lowest BCUT2D eigenvalue weighted by atomic mass is 10.0. The van der Waals surface area contributed by atoms with E-state index in [1.165, 1.54) is 0 Å². The number of ether oxygens (including phenoxy) is 1. The third-order valence-electron chi connectivity index (χ3n) is 6.88. The van der Waals surface area contributed by atoms with Crippen LogP contribution in [0.1, 0.15) is 39.1 Å². The number of piperidine rings is 1. The summed E-state index contributed by atoms with van der Waals surface area (Å²) in [6.45, 7) is 5.56. The number of fused-ring (bicyclic) bond motifs is 1. The van der Waals surface area contributed by atoms with Gasteiger partial charge in [-0.3, -0.25) is 39.2 Å². The summed E-state index contributed by atoms with van der Waals surface area (Å²) in [5.41, 5.74) is 7.72. The Morgan fingerprint density at radius 1 is 1.00 bits per heavy atom. The molecule has 0 saturated carbocycles. The van der Waals surface area contributed by atoms with E-state index in [0.717, 1.165) is 36.6 Å². The van der Waals surface area contributed by atoms with Gasteiger partial charge in [0.1, 0.15) is 6.04 Å². The van der Waals surface area contributed by atoms with Crippen molar-refractivity contribution in [3.05, 3.63) is 34.9 Å². The van der Waals surface area contributed by atoms with Gasteiger partial charge >= 0.3 is 0 Å². The topological polar surface area (TPSA) is 125 Å². The van der Waals surface area contributed by atoms with Crippen molar-refractivity contribution in [2.45, 2.75) is 37.5 Å². The molecule has 3 fully saturated rings. The van der Waals surface area contributed by atoms with Gasteiger partial charge in [-0.2, -0.15) is 0 Å². The van der Waals surface area contributed by atoms with Crippen LogP contribution in [0.15, 0.2) is 18.2 Å². The van der Waals surface area contributed by atoms with Crippen LogP contribution in [0.25, 0.3) is 0 Å². The molecule has 4 amide bonds. The van der Waals surface area contributed by atoms with E-state index in [-0.39, 0.29) is 30.8 Å². The molecule has 0 spiro atoms. The molecule has 10 heteroatoms. The number of hydrogen-bond acceptors (Lipinski definition) is 8. The van der Waals surface area contributed by atoms with E-state index in [2.05, 4.69) is 15.1 Å². The number of nitrogens with one attached hydrogen (secondary N) is 1. The molecular formula is C22H27N5O5. The minimum absolute atomic E-state index is 0.0640. The van der Waals surface area contributed by atoms with E-state index in [1.807, 2.05) is 6.07 Å². The Kier molecular flexibility index (Phi) is 5.54. The van der Waals surface area contributed by atoms with Gasteiger partial charge in [0.2, 0.25) is 11.8 Å². The molecule has 3 saturated heterocycles. The molecule has 3 N–H and O–H groups in total. The highest BCUT2D eigenvalue weighted by atomic mass is 16.5. The maximum Gasteiger partial charge on any atom is 0.262 e. The van der Waals surface area contributed by atoms with E-state index in [9.17, 15) is 19.2 Å². The molecule has 0 aromatic heterocycles. The molecule has 4 heterocycles. The molecule has 10 nitrogen and oxygen atoms in total. The molecule has 1 unspecified atom stereocenters. The van der Waals surface area contributed by atoms with E-state index < -0.39 is 23.8 Å². The van der Waals surface area contributed by atoms with Crippen LogP contribution in [0.4, 0.5) is 0 Å². The van der Waals surface area contributed by atoms with Crippen LogP contribution in [0.3, 0.4) is 0 Å². The summed E-state index contributed by atoms with van der Waals surface area (Å²) < 4.78 is 5.49. The van der Waals surface area contributed by atoms with E-state index in [1.54, 1.807) is 12.1 Å². The average Bonchev–Trinajstić information content (AvgIpc) is 3.30. The third kappa shape index (κ3) is 3.73. The Bertz CT molecular complexity index is 973. The number of nitrogens with two attached hydrogens (primary N) is 1. The Hall–Kier alpha value is -2.66. The fourth-order valence-corrected chi connectivity index (χ4v) is 5.06. The first-order valence-corrected chi connectivity index (χ1v) is 11.1. The van der Waals surface area contributed by atoms with Crippen LogP contribution < -0.4 is 11.1 Å². The molecule has 1 aromatic rings. The second-order valence-electron chi connectivity index (χ2n) is 8.91. The van der Waals surface area contributed by atoms with Crippen molar-refractivity contribution < 1.29 is 23.9 Å². The number of piperazine rings is 1. The lowest BCUT2D eigenvalue weighted by Gasteiger charge is -2.38. The minimum Gasteiger partial charge on any atom is -0.378 e. The molecule has 4 aliphatic rings. The van der Waals surface area contributed by atoms with Gasteiger partial charge in [0.05, 0.1) is 30.4 Å². The maximum absolute atomic E-state index is 13.0. The maximum atomic E-state index is 13.0. The molecule has 5 rings (SSSR count). The highest BCUT2D eigenvalue weighted by Crippen LogP contribution is 2.29. The molecule has 3 atom stereocenters. The van der Waals surface area contributed by atoms with Crippen molar-refractivity contribution in [2.75, 3.05) is 39.4 Å². The number of carbonyl (C=O) groups excluding carboxylic acids is 4. The van der Waals surface area contributed by atoms with Crippen LogP contribution >= 0.6 is 0 Å². The zero-order chi connectivity index (χ0) is 22.4. The SMILES string of the molecule is N[C@@H]1COC[C@H]1N1CCN(Cc2ccc3c(c2)C(=O)N(C2CCC(=O)NC2=O)C3=O)CC1. The van der Waals surface area contributed by atoms with Crippen molar-refractivity contribution in [3.8, 4) is 0 Å². The van der Waals surface area contributed by atoms with Crippen molar-refractivity contribution >= 4 is 23.6 Å². The Morgan fingerprint density at radius 3 is 2.44 bits per heavy atom. The molecule has 170 valence electrons. The molecule has 1 aromatic carbocycles. The van der Waals surface area contributed by atoms with E-state index >= 15 is 0 Å². The zero-order valence-corrected chi connectivity index (χ0v) is 17.8. The summed E-state index contributed by atoms with van der Waals surface area (Å²) in [4.78, 5) is 55.1. The molecule has 0 bridgehead atoms. The van der Waals surface area contributed by atoms with Gasteiger partial charge in [0.25, 0.3) is 11.8 Å². The average molecular weight is 441 g/mol. The van der Waals surface area contributed by atoms with Crippen molar-refractivity contribution in [2.24, 2.45) is 5.73 Å². The lowest BCUT2D eigenvalue weighted by Crippen LogP contribution is -2.55. The second kappa shape index (κ2) is 8.36. The largest absolute Gasteiger partial charge is 0.378 e. The van der Waals surface area contributed by atoms with Crippen molar-refractivity contribution in [1.29, 1.82) is 0 Å². The number of imide groups is 2. The zero-order valence-electron chi connectivity index (χ0n) is 17.8. The van der Waals surface area contributed by atoms with Gasteiger partial charge in [0.15, 0.2) is 0 Å². The Balaban J connectivity index is 1.24. The number of amides is 4. The van der Waals surface area contributed by atoms with Crippen LogP contribution in [0.5, 0.6) is 0 Å². The fraction of sp³-hybridized carbons (Fsp3) is 0.545. The summed E-state index contributed by atoms with van der Waals surface area (Å²) in [7, 11) is 0. The van der Waals surface area contributed by atoms with Crippen LogP contribution in [-0.2, 0) is 20.9 Å². The van der Waals surface area contributed by atoms with Gasteiger partial charge in [-0.05, 0) is 24.1 Å². The van der Waals surface area contributed by atoms with Crippen molar-refractivity contribution in [1.82, 2.24) is 20.0 Å². The predicted octanol–water partition coefficient (Wildman–Crippen LogP) is -1.07. The van der Waals surface area contributed by atoms with Gasteiger partial charge < -0.3 is 10.5 Å². The van der Waals surface area contributed by atoms with Crippen LogP contribution in [0, 0.1) is 0 Å². The summed E-state index contributed by atoms with van der Waals surface area (Å²) >= 11 is 0. The number of carbonyl (C=O) groups is 4. The first kappa shape index (κ1) is 21.2. The second-order valence-corrected chi connectivity index (χ2v) is 8.91. The van der Waals surface area contributed by atoms with E-state index in [0.29, 0.717) is 30.9 Å². The molecule has 0 radical (unpaired) electrons. The fourth-order valence-electron chi connectivity index (χ4n) is 5.06. The first-order chi connectivity index (χ1) is 15.4. The summed E-state index contributed by atoms with van der Waals surface area (Å²) in [5.74, 6) is -1.93.